The molecule has 0 spiro atoms. The van der Waals surface area contributed by atoms with E-state index in [1.165, 1.54) is 4.31 Å². The van der Waals surface area contributed by atoms with E-state index in [2.05, 4.69) is 4.72 Å². The Morgan fingerprint density at radius 3 is 2.12 bits per heavy atom. The van der Waals surface area contributed by atoms with Gasteiger partial charge in [-0.1, -0.05) is 0 Å². The van der Waals surface area contributed by atoms with Gasteiger partial charge in [-0.15, -0.1) is 0 Å². The average Bonchev–Trinajstić information content (AvgIpc) is 1.98. The minimum Gasteiger partial charge on any atom is -0.396 e. The van der Waals surface area contributed by atoms with Gasteiger partial charge in [0.25, 0.3) is 10.2 Å². The number of nitrogens with zero attached hydrogens (tertiary/aromatic N) is 1. The van der Waals surface area contributed by atoms with E-state index in [0.29, 0.717) is 13.0 Å². The second kappa shape index (κ2) is 5.95. The van der Waals surface area contributed by atoms with Crippen LogP contribution in [0, 0.1) is 0 Å². The van der Waals surface area contributed by atoms with Gasteiger partial charge in [0.15, 0.2) is 0 Å². The monoisotopic (exact) mass is 252 g/mol. The van der Waals surface area contributed by atoms with Gasteiger partial charge in [0.2, 0.25) is 0 Å². The van der Waals surface area contributed by atoms with Crippen LogP contribution in [0.15, 0.2) is 0 Å². The van der Waals surface area contributed by atoms with Crippen molar-refractivity contribution < 1.29 is 13.5 Å². The number of aliphatic hydroxyl groups is 1. The van der Waals surface area contributed by atoms with E-state index in [9.17, 15) is 8.42 Å². The van der Waals surface area contributed by atoms with Crippen LogP contribution in [0.25, 0.3) is 0 Å². The maximum atomic E-state index is 12.0. The topological polar surface area (TPSA) is 69.6 Å². The molecule has 5 nitrogen and oxygen atoms in total. The highest BCUT2D eigenvalue weighted by molar-refractivity contribution is 7.87. The van der Waals surface area contributed by atoms with E-state index in [1.54, 1.807) is 20.8 Å². The van der Waals surface area contributed by atoms with Crippen LogP contribution in [0.5, 0.6) is 0 Å². The molecule has 0 aromatic rings. The molecular formula is C10H24N2O3S. The molecule has 0 radical (unpaired) electrons. The Morgan fingerprint density at radius 2 is 1.81 bits per heavy atom. The number of hydrogen-bond donors (Lipinski definition) is 2. The lowest BCUT2D eigenvalue weighted by Crippen LogP contribution is -2.51. The number of nitrogens with one attached hydrogen (secondary N) is 1. The average molecular weight is 252 g/mol. The molecule has 0 aromatic heterocycles. The van der Waals surface area contributed by atoms with Crippen molar-refractivity contribution in [3.8, 4) is 0 Å². The summed E-state index contributed by atoms with van der Waals surface area (Å²) in [5.41, 5.74) is -0.495. The zero-order chi connectivity index (χ0) is 13.0. The van der Waals surface area contributed by atoms with Crippen LogP contribution < -0.4 is 4.72 Å². The maximum Gasteiger partial charge on any atom is 0.280 e. The van der Waals surface area contributed by atoms with Crippen LogP contribution >= 0.6 is 0 Å². The van der Waals surface area contributed by atoms with Gasteiger partial charge in [0, 0.05) is 24.7 Å². The molecule has 0 aromatic carbocycles. The Hall–Kier alpha value is -0.170. The van der Waals surface area contributed by atoms with Crippen molar-refractivity contribution in [1.29, 1.82) is 0 Å². The molecule has 6 heteroatoms. The molecule has 0 saturated heterocycles. The van der Waals surface area contributed by atoms with Crippen molar-refractivity contribution in [2.24, 2.45) is 0 Å². The van der Waals surface area contributed by atoms with Crippen molar-refractivity contribution in [2.45, 2.75) is 52.6 Å². The van der Waals surface area contributed by atoms with E-state index >= 15 is 0 Å². The van der Waals surface area contributed by atoms with Crippen LogP contribution in [0.2, 0.25) is 0 Å². The van der Waals surface area contributed by atoms with Crippen LogP contribution in [0.4, 0.5) is 0 Å². The van der Waals surface area contributed by atoms with E-state index < -0.39 is 15.7 Å². The third kappa shape index (κ3) is 5.79. The Balaban J connectivity index is 4.77. The summed E-state index contributed by atoms with van der Waals surface area (Å²) in [5, 5.41) is 8.75. The fourth-order valence-electron chi connectivity index (χ4n) is 1.33. The Labute approximate surface area is 99.0 Å². The lowest BCUT2D eigenvalue weighted by Gasteiger charge is -2.30. The molecule has 0 aliphatic carbocycles. The molecule has 2 N–H and O–H groups in total. The SMILES string of the molecule is CC(C)N(CCCO)S(=O)(=O)NC(C)(C)C. The number of hydrogen-bond acceptors (Lipinski definition) is 3. The van der Waals surface area contributed by atoms with E-state index in [1.807, 2.05) is 13.8 Å². The lowest BCUT2D eigenvalue weighted by molar-refractivity contribution is 0.256. The Bertz CT molecular complexity index is 294. The molecule has 0 unspecified atom stereocenters. The zero-order valence-corrected chi connectivity index (χ0v) is 11.6. The summed E-state index contributed by atoms with van der Waals surface area (Å²) in [7, 11) is -3.48. The van der Waals surface area contributed by atoms with Crippen molar-refractivity contribution in [3.63, 3.8) is 0 Å². The first-order valence-corrected chi connectivity index (χ1v) is 6.96. The zero-order valence-electron chi connectivity index (χ0n) is 10.8. The number of rotatable bonds is 6. The highest BCUT2D eigenvalue weighted by Crippen LogP contribution is 2.10. The maximum absolute atomic E-state index is 12.0. The van der Waals surface area contributed by atoms with Crippen molar-refractivity contribution in [3.05, 3.63) is 0 Å². The third-order valence-corrected chi connectivity index (χ3v) is 3.95. The second-order valence-electron chi connectivity index (χ2n) is 5.14. The molecule has 0 saturated carbocycles. The van der Waals surface area contributed by atoms with Gasteiger partial charge in [-0.25, -0.2) is 0 Å². The van der Waals surface area contributed by atoms with Gasteiger partial charge in [-0.3, -0.25) is 0 Å². The smallest absolute Gasteiger partial charge is 0.280 e. The first-order chi connectivity index (χ1) is 7.10. The summed E-state index contributed by atoms with van der Waals surface area (Å²) < 4.78 is 28.0. The lowest BCUT2D eigenvalue weighted by atomic mass is 10.1. The van der Waals surface area contributed by atoms with Gasteiger partial charge >= 0.3 is 0 Å². The molecule has 98 valence electrons. The molecule has 0 bridgehead atoms. The van der Waals surface area contributed by atoms with Crippen molar-refractivity contribution in [1.82, 2.24) is 9.03 Å². The molecule has 0 fully saturated rings. The predicted octanol–water partition coefficient (Wildman–Crippen LogP) is 0.712. The summed E-state index contributed by atoms with van der Waals surface area (Å²) >= 11 is 0. The first-order valence-electron chi connectivity index (χ1n) is 5.52. The van der Waals surface area contributed by atoms with Gasteiger partial charge < -0.3 is 5.11 Å². The molecule has 0 aliphatic rings. The van der Waals surface area contributed by atoms with E-state index in [4.69, 9.17) is 5.11 Å². The predicted molar refractivity (Wildman–Crippen MR) is 65.4 cm³/mol. The molecule has 0 aliphatic heterocycles. The molecule has 0 rings (SSSR count). The molecule has 0 amide bonds. The van der Waals surface area contributed by atoms with Gasteiger partial charge in [-0.2, -0.15) is 17.4 Å². The van der Waals surface area contributed by atoms with Gasteiger partial charge in [0.1, 0.15) is 0 Å². The summed E-state index contributed by atoms with van der Waals surface area (Å²) in [5.74, 6) is 0. The summed E-state index contributed by atoms with van der Waals surface area (Å²) in [4.78, 5) is 0. The quantitative estimate of drug-likeness (QED) is 0.731. The third-order valence-electron chi connectivity index (χ3n) is 1.86. The summed E-state index contributed by atoms with van der Waals surface area (Å²) in [6.07, 6.45) is 0.448. The minimum atomic E-state index is -3.48. The van der Waals surface area contributed by atoms with E-state index in [0.717, 1.165) is 0 Å². The van der Waals surface area contributed by atoms with Crippen molar-refractivity contribution >= 4 is 10.2 Å². The number of aliphatic hydroxyl groups excluding tert-OH is 1. The molecular weight excluding hydrogens is 228 g/mol. The standard InChI is InChI=1S/C10H24N2O3S/c1-9(2)12(7-6-8-13)16(14,15)11-10(3,4)5/h9,11,13H,6-8H2,1-5H3. The summed E-state index contributed by atoms with van der Waals surface area (Å²) in [6.45, 7) is 9.37. The van der Waals surface area contributed by atoms with Crippen molar-refractivity contribution in [2.75, 3.05) is 13.2 Å². The van der Waals surface area contributed by atoms with Crippen LogP contribution in [-0.4, -0.2) is 42.6 Å². The minimum absolute atomic E-state index is 0.00570. The van der Waals surface area contributed by atoms with Crippen LogP contribution in [0.3, 0.4) is 0 Å². The van der Waals surface area contributed by atoms with Gasteiger partial charge in [-0.05, 0) is 41.0 Å². The van der Waals surface area contributed by atoms with E-state index in [-0.39, 0.29) is 12.6 Å². The first kappa shape index (κ1) is 15.8. The Morgan fingerprint density at radius 1 is 1.31 bits per heavy atom. The van der Waals surface area contributed by atoms with Gasteiger partial charge in [0.05, 0.1) is 0 Å². The normalized spacial score (nSPS) is 13.8. The molecule has 0 heterocycles. The molecule has 0 atom stereocenters. The molecule has 16 heavy (non-hydrogen) atoms. The highest BCUT2D eigenvalue weighted by Gasteiger charge is 2.28. The fraction of sp³-hybridized carbons (Fsp3) is 1.00. The Kier molecular flexibility index (Phi) is 5.89. The van der Waals surface area contributed by atoms with Crippen LogP contribution in [0.1, 0.15) is 41.0 Å². The fourth-order valence-corrected chi connectivity index (χ4v) is 3.14. The largest absolute Gasteiger partial charge is 0.396 e. The highest BCUT2D eigenvalue weighted by atomic mass is 32.2. The summed E-state index contributed by atoms with van der Waals surface area (Å²) in [6, 6.07) is -0.119. The second-order valence-corrected chi connectivity index (χ2v) is 6.76. The van der Waals surface area contributed by atoms with Crippen LogP contribution in [-0.2, 0) is 10.2 Å².